The first-order valence-corrected chi connectivity index (χ1v) is 16.5. The van der Waals surface area contributed by atoms with Crippen molar-refractivity contribution >= 4 is 41.2 Å². The molecule has 46 heavy (non-hydrogen) atoms. The minimum absolute atomic E-state index is 0.0319. The van der Waals surface area contributed by atoms with E-state index in [4.69, 9.17) is 26.8 Å². The Bertz CT molecular complexity index is 1450. The number of ketones is 1. The molecule has 1 amide bonds. The zero-order valence-electron chi connectivity index (χ0n) is 26.4. The lowest BCUT2D eigenvalue weighted by atomic mass is 9.47. The van der Waals surface area contributed by atoms with Gasteiger partial charge in [0.15, 0.2) is 11.8 Å². The Morgan fingerprint density at radius 2 is 2.00 bits per heavy atom. The predicted molar refractivity (Wildman–Crippen MR) is 166 cm³/mol. The maximum absolute atomic E-state index is 13.5. The second-order valence-corrected chi connectivity index (χ2v) is 13.9. The molecule has 4 aliphatic rings. The largest absolute Gasteiger partial charge is 0.480 e. The summed E-state index contributed by atoms with van der Waals surface area (Å²) in [5.41, 5.74) is 6.16. The Kier molecular flexibility index (Phi) is 9.79. The quantitative estimate of drug-likeness (QED) is 0.236. The van der Waals surface area contributed by atoms with Crippen LogP contribution in [0.4, 0.5) is 0 Å². The molecule has 9 atom stereocenters. The fourth-order valence-electron chi connectivity index (χ4n) is 8.74. The average Bonchev–Trinajstić information content (AvgIpc) is 3.59. The summed E-state index contributed by atoms with van der Waals surface area (Å²) in [6.45, 7) is 5.96. The Morgan fingerprint density at radius 1 is 1.24 bits per heavy atom. The summed E-state index contributed by atoms with van der Waals surface area (Å²) in [6, 6.07) is -2.26. The van der Waals surface area contributed by atoms with E-state index in [1.165, 1.54) is 13.3 Å². The molecular weight excluding hydrogens is 616 g/mol. The van der Waals surface area contributed by atoms with Gasteiger partial charge in [-0.1, -0.05) is 37.1 Å². The summed E-state index contributed by atoms with van der Waals surface area (Å²) in [6.07, 6.45) is 11.6. The first-order valence-electron chi connectivity index (χ1n) is 15.9. The number of carboxylic acids is 1. The number of fused-ring (bicyclic) bond motifs is 5. The monoisotopic (exact) mass is 658 g/mol. The Labute approximate surface area is 273 Å². The summed E-state index contributed by atoms with van der Waals surface area (Å²) < 4.78 is 13.3. The molecular formula is C33H43ClN4O8. The number of imidazole rings is 1. The maximum atomic E-state index is 13.5. The number of carbonyl (C=O) groups is 5. The van der Waals surface area contributed by atoms with Crippen LogP contribution in [-0.2, 0) is 46.4 Å². The third kappa shape index (κ3) is 6.51. The molecule has 0 aliphatic heterocycles. The van der Waals surface area contributed by atoms with Crippen LogP contribution in [0.25, 0.3) is 0 Å². The first-order chi connectivity index (χ1) is 21.8. The summed E-state index contributed by atoms with van der Waals surface area (Å²) in [4.78, 5) is 66.7. The fraction of sp³-hybridized carbons (Fsp3) is 0.636. The topological polar surface area (TPSA) is 180 Å². The Hall–Kier alpha value is -3.51. The predicted octanol–water partition coefficient (Wildman–Crippen LogP) is 2.92. The number of alkyl halides is 1. The third-order valence-electron chi connectivity index (χ3n) is 10.9. The number of hydrogen-bond acceptors (Lipinski definition) is 9. The Morgan fingerprint density at radius 3 is 2.70 bits per heavy atom. The summed E-state index contributed by atoms with van der Waals surface area (Å²) in [5, 5.41) is 11.9. The van der Waals surface area contributed by atoms with Crippen molar-refractivity contribution in [1.82, 2.24) is 14.9 Å². The van der Waals surface area contributed by atoms with Crippen molar-refractivity contribution in [3.63, 3.8) is 0 Å². The number of amides is 1. The van der Waals surface area contributed by atoms with Crippen LogP contribution >= 0.6 is 11.6 Å². The van der Waals surface area contributed by atoms with Crippen LogP contribution in [0.15, 0.2) is 36.3 Å². The Balaban J connectivity index is 1.31. The van der Waals surface area contributed by atoms with Gasteiger partial charge in [-0.2, -0.15) is 0 Å². The van der Waals surface area contributed by atoms with Crippen LogP contribution in [0.1, 0.15) is 65.0 Å². The number of nitrogens with zero attached hydrogens (tertiary/aromatic N) is 2. The summed E-state index contributed by atoms with van der Waals surface area (Å²) in [7, 11) is 0. The number of ether oxygens (including phenoxy) is 2. The van der Waals surface area contributed by atoms with Crippen molar-refractivity contribution in [3.8, 4) is 0 Å². The van der Waals surface area contributed by atoms with Crippen LogP contribution in [-0.4, -0.2) is 68.5 Å². The van der Waals surface area contributed by atoms with E-state index in [0.29, 0.717) is 18.5 Å². The number of aryl methyl sites for hydroxylation is 1. The molecule has 3 fully saturated rings. The lowest BCUT2D eigenvalue weighted by Gasteiger charge is -2.59. The van der Waals surface area contributed by atoms with E-state index in [-0.39, 0.29) is 60.9 Å². The zero-order valence-corrected chi connectivity index (χ0v) is 27.2. The zero-order chi connectivity index (χ0) is 33.4. The van der Waals surface area contributed by atoms with Gasteiger partial charge in [-0.3, -0.25) is 19.2 Å². The number of rotatable bonds is 11. The standard InChI is InChI=1S/C33H43ClN4O8/c1-18(35)29(41)37-25(30(42)43)13-20-15-38(17-36-20)11-9-27(40)46-26-14-33(3)23(6-7-24(33)31(44)45-16-34)22-5-4-19-12-21(39)8-10-32(19,2)28(22)26/h8,10,12,15,17-18,22-26,28H,4-7,9,11,13-14,16,35H2,1-3H3,(H,37,41)(H,42,43). The second-order valence-electron chi connectivity index (χ2n) is 13.7. The minimum atomic E-state index is -1.21. The number of aromatic nitrogens is 2. The molecule has 4 N–H and O–H groups in total. The van der Waals surface area contributed by atoms with Crippen LogP contribution in [0.3, 0.4) is 0 Å². The van der Waals surface area contributed by atoms with E-state index >= 15 is 0 Å². The molecule has 0 bridgehead atoms. The molecule has 250 valence electrons. The molecule has 0 radical (unpaired) electrons. The highest BCUT2D eigenvalue weighted by Gasteiger charge is 2.64. The number of nitrogens with one attached hydrogen (secondary N) is 1. The maximum Gasteiger partial charge on any atom is 0.326 e. The van der Waals surface area contributed by atoms with Gasteiger partial charge in [-0.15, -0.1) is 0 Å². The molecule has 3 saturated carbocycles. The molecule has 0 aromatic carbocycles. The number of nitrogens with two attached hydrogens (primary N) is 1. The van der Waals surface area contributed by atoms with Crippen molar-refractivity contribution in [1.29, 1.82) is 0 Å². The van der Waals surface area contributed by atoms with E-state index < -0.39 is 46.9 Å². The number of halogens is 1. The van der Waals surface area contributed by atoms with E-state index in [1.54, 1.807) is 22.9 Å². The molecule has 1 heterocycles. The molecule has 4 aliphatic carbocycles. The van der Waals surface area contributed by atoms with E-state index in [2.05, 4.69) is 24.1 Å². The first kappa shape index (κ1) is 33.8. The van der Waals surface area contributed by atoms with Crippen LogP contribution < -0.4 is 11.1 Å². The molecule has 12 nitrogen and oxygen atoms in total. The summed E-state index contributed by atoms with van der Waals surface area (Å²) >= 11 is 5.76. The van der Waals surface area contributed by atoms with Crippen molar-refractivity contribution in [2.45, 2.75) is 90.4 Å². The van der Waals surface area contributed by atoms with Crippen LogP contribution in [0, 0.1) is 34.5 Å². The highest BCUT2D eigenvalue weighted by atomic mass is 35.5. The molecule has 1 aromatic rings. The molecule has 0 spiro atoms. The smallest absolute Gasteiger partial charge is 0.326 e. The molecule has 9 unspecified atom stereocenters. The van der Waals surface area contributed by atoms with E-state index in [1.807, 2.05) is 6.08 Å². The number of hydrogen-bond donors (Lipinski definition) is 3. The lowest BCUT2D eigenvalue weighted by Crippen LogP contribution is -2.57. The van der Waals surface area contributed by atoms with Gasteiger partial charge in [-0.05, 0) is 68.4 Å². The van der Waals surface area contributed by atoms with Gasteiger partial charge >= 0.3 is 17.9 Å². The van der Waals surface area contributed by atoms with Crippen LogP contribution in [0.5, 0.6) is 0 Å². The van der Waals surface area contributed by atoms with E-state index in [0.717, 1.165) is 24.8 Å². The molecule has 1 aromatic heterocycles. The molecule has 0 saturated heterocycles. The highest BCUT2D eigenvalue weighted by Crippen LogP contribution is 2.66. The third-order valence-corrected chi connectivity index (χ3v) is 11.0. The number of carboxylic acid groups (broad SMARTS) is 1. The van der Waals surface area contributed by atoms with Crippen molar-refractivity contribution in [2.75, 3.05) is 6.07 Å². The van der Waals surface area contributed by atoms with Gasteiger partial charge in [0.05, 0.1) is 30.4 Å². The fourth-order valence-corrected chi connectivity index (χ4v) is 8.84. The lowest BCUT2D eigenvalue weighted by molar-refractivity contribution is -0.177. The van der Waals surface area contributed by atoms with Gasteiger partial charge in [0, 0.05) is 30.5 Å². The number of carbonyl (C=O) groups excluding carboxylic acids is 4. The second kappa shape index (κ2) is 13.3. The van der Waals surface area contributed by atoms with E-state index in [9.17, 15) is 29.1 Å². The van der Waals surface area contributed by atoms with Gasteiger partial charge in [0.1, 0.15) is 12.1 Å². The average molecular weight is 659 g/mol. The number of esters is 2. The van der Waals surface area contributed by atoms with Gasteiger partial charge in [0.25, 0.3) is 0 Å². The number of allylic oxidation sites excluding steroid dienone is 4. The van der Waals surface area contributed by atoms with Gasteiger partial charge < -0.3 is 30.2 Å². The number of aliphatic carboxylic acids is 1. The van der Waals surface area contributed by atoms with Gasteiger partial charge in [0.2, 0.25) is 5.91 Å². The van der Waals surface area contributed by atoms with Crippen molar-refractivity contribution < 1.29 is 38.6 Å². The van der Waals surface area contributed by atoms with Crippen molar-refractivity contribution in [3.05, 3.63) is 42.0 Å². The SMILES string of the molecule is CC(N)C(=O)NC(Cc1cn(CCC(=O)OC2CC3(C)C(C(=O)OCCl)CCC3C3CCC4=CC(=O)C=CC4(C)C23)cn1)C(=O)O. The van der Waals surface area contributed by atoms with Crippen molar-refractivity contribution in [2.24, 2.45) is 40.2 Å². The minimum Gasteiger partial charge on any atom is -0.480 e. The summed E-state index contributed by atoms with van der Waals surface area (Å²) in [5.74, 6) is -2.51. The van der Waals surface area contributed by atoms with Gasteiger partial charge in [-0.25, -0.2) is 9.78 Å². The molecule has 13 heteroatoms. The normalized spacial score (nSPS) is 32.7. The van der Waals surface area contributed by atoms with Crippen LogP contribution in [0.2, 0.25) is 0 Å². The molecule has 5 rings (SSSR count). The highest BCUT2D eigenvalue weighted by molar-refractivity contribution is 6.17.